The maximum Gasteiger partial charge on any atom is 0.259 e. The fourth-order valence-electron chi connectivity index (χ4n) is 3.44. The number of hydrogen-bond acceptors (Lipinski definition) is 4. The van der Waals surface area contributed by atoms with E-state index in [2.05, 4.69) is 27.8 Å². The van der Waals surface area contributed by atoms with Crippen molar-refractivity contribution in [2.24, 2.45) is 5.10 Å². The Morgan fingerprint density at radius 2 is 1.69 bits per heavy atom. The number of halogens is 1. The first-order chi connectivity index (χ1) is 15.5. The lowest BCUT2D eigenvalue weighted by Gasteiger charge is -2.05. The molecule has 0 aliphatic rings. The van der Waals surface area contributed by atoms with Crippen LogP contribution in [0.25, 0.3) is 10.9 Å². The summed E-state index contributed by atoms with van der Waals surface area (Å²) in [6.07, 6.45) is 12.7. The maximum atomic E-state index is 11.9. The molecule has 7 heteroatoms. The van der Waals surface area contributed by atoms with Gasteiger partial charge in [0, 0.05) is 17.4 Å². The Labute approximate surface area is 196 Å². The van der Waals surface area contributed by atoms with E-state index >= 15 is 0 Å². The minimum absolute atomic E-state index is 0.101. The molecule has 0 bridgehead atoms. The van der Waals surface area contributed by atoms with Gasteiger partial charge in [-0.1, -0.05) is 82.0 Å². The molecule has 0 saturated carbocycles. The molecule has 174 valence electrons. The fourth-order valence-corrected chi connectivity index (χ4v) is 3.63. The van der Waals surface area contributed by atoms with Gasteiger partial charge in [0.25, 0.3) is 5.91 Å². The molecule has 0 radical (unpaired) electrons. The van der Waals surface area contributed by atoms with Crippen molar-refractivity contribution in [2.45, 2.75) is 78.1 Å². The quantitative estimate of drug-likeness (QED) is 0.165. The molecule has 2 N–H and O–H groups in total. The second-order valence-corrected chi connectivity index (χ2v) is 8.57. The van der Waals surface area contributed by atoms with Gasteiger partial charge >= 0.3 is 0 Å². The number of rotatable bonds is 14. The van der Waals surface area contributed by atoms with Crippen molar-refractivity contribution in [1.82, 2.24) is 15.7 Å². The molecule has 0 atom stereocenters. The van der Waals surface area contributed by atoms with E-state index in [1.54, 1.807) is 0 Å². The van der Waals surface area contributed by atoms with Gasteiger partial charge in [-0.15, -0.1) is 0 Å². The van der Waals surface area contributed by atoms with E-state index in [0.717, 1.165) is 29.3 Å². The third-order valence-corrected chi connectivity index (χ3v) is 5.60. The lowest BCUT2D eigenvalue weighted by molar-refractivity contribution is -0.126. The summed E-state index contributed by atoms with van der Waals surface area (Å²) < 4.78 is 0. The van der Waals surface area contributed by atoms with E-state index in [4.69, 9.17) is 11.6 Å². The summed E-state index contributed by atoms with van der Waals surface area (Å²) in [4.78, 5) is 28.2. The smallest absolute Gasteiger partial charge is 0.259 e. The number of pyridine rings is 1. The number of carbonyl (C=O) groups is 2. The molecule has 0 fully saturated rings. The topological polar surface area (TPSA) is 83.5 Å². The van der Waals surface area contributed by atoms with Crippen LogP contribution in [0.1, 0.15) is 82.3 Å². The highest BCUT2D eigenvalue weighted by atomic mass is 35.5. The second kappa shape index (κ2) is 14.6. The average Bonchev–Trinajstić information content (AvgIpc) is 2.77. The number of carbonyl (C=O) groups excluding carboxylic acids is 2. The Balaban J connectivity index is 1.61. The van der Waals surface area contributed by atoms with Crippen LogP contribution in [0.15, 0.2) is 29.4 Å². The van der Waals surface area contributed by atoms with E-state index in [0.29, 0.717) is 17.1 Å². The van der Waals surface area contributed by atoms with Gasteiger partial charge in [-0.2, -0.15) is 5.10 Å². The van der Waals surface area contributed by atoms with Crippen molar-refractivity contribution in [2.75, 3.05) is 6.54 Å². The van der Waals surface area contributed by atoms with Gasteiger partial charge in [-0.3, -0.25) is 9.59 Å². The van der Waals surface area contributed by atoms with Crippen LogP contribution >= 0.6 is 11.6 Å². The molecule has 0 saturated heterocycles. The van der Waals surface area contributed by atoms with Gasteiger partial charge < -0.3 is 5.32 Å². The van der Waals surface area contributed by atoms with Gasteiger partial charge in [0.05, 0.1) is 18.3 Å². The largest absolute Gasteiger partial charge is 0.347 e. The summed E-state index contributed by atoms with van der Waals surface area (Å²) in [5, 5.41) is 7.82. The van der Waals surface area contributed by atoms with Crippen LogP contribution < -0.4 is 10.7 Å². The fraction of sp³-hybridized carbons (Fsp3) is 0.520. The van der Waals surface area contributed by atoms with E-state index < -0.39 is 0 Å². The predicted octanol–water partition coefficient (Wildman–Crippen LogP) is 5.68. The van der Waals surface area contributed by atoms with Crippen LogP contribution in [0.5, 0.6) is 0 Å². The van der Waals surface area contributed by atoms with Crippen LogP contribution in [0, 0.1) is 6.92 Å². The predicted molar refractivity (Wildman–Crippen MR) is 132 cm³/mol. The van der Waals surface area contributed by atoms with E-state index in [1.807, 2.05) is 31.2 Å². The van der Waals surface area contributed by atoms with Crippen molar-refractivity contribution in [3.63, 3.8) is 0 Å². The number of benzene rings is 1. The van der Waals surface area contributed by atoms with Crippen LogP contribution in [0.4, 0.5) is 0 Å². The Bertz CT molecular complexity index is 914. The summed E-state index contributed by atoms with van der Waals surface area (Å²) in [7, 11) is 0. The van der Waals surface area contributed by atoms with Gasteiger partial charge in [-0.25, -0.2) is 10.4 Å². The minimum Gasteiger partial charge on any atom is -0.347 e. The number of nitrogens with zero attached hydrogens (tertiary/aromatic N) is 2. The number of fused-ring (bicyclic) bond motifs is 1. The van der Waals surface area contributed by atoms with E-state index in [9.17, 15) is 9.59 Å². The summed E-state index contributed by atoms with van der Waals surface area (Å²) in [5.74, 6) is -0.494. The molecule has 1 aromatic carbocycles. The third-order valence-electron chi connectivity index (χ3n) is 5.30. The SMILES string of the molecule is CCCCCCCCCCCC(=O)NCC(=O)N/N=C/c1cc2ccc(C)cc2nc1Cl. The van der Waals surface area contributed by atoms with Crippen LogP contribution in [0.3, 0.4) is 0 Å². The molecular weight excluding hydrogens is 424 g/mol. The Morgan fingerprint density at radius 3 is 2.41 bits per heavy atom. The second-order valence-electron chi connectivity index (χ2n) is 8.21. The maximum absolute atomic E-state index is 11.9. The van der Waals surface area contributed by atoms with Crippen molar-refractivity contribution in [1.29, 1.82) is 0 Å². The Kier molecular flexibility index (Phi) is 11.7. The minimum atomic E-state index is -0.387. The molecular formula is C25H35ClN4O2. The van der Waals surface area contributed by atoms with E-state index in [1.165, 1.54) is 51.2 Å². The van der Waals surface area contributed by atoms with Crippen LogP contribution in [0.2, 0.25) is 5.15 Å². The first-order valence-corrected chi connectivity index (χ1v) is 12.0. The zero-order valence-corrected chi connectivity index (χ0v) is 20.0. The summed E-state index contributed by atoms with van der Waals surface area (Å²) in [6, 6.07) is 7.79. The van der Waals surface area contributed by atoms with Crippen LogP contribution in [-0.4, -0.2) is 29.6 Å². The summed E-state index contributed by atoms with van der Waals surface area (Å²) >= 11 is 6.21. The monoisotopic (exact) mass is 458 g/mol. The number of aromatic nitrogens is 1. The number of unbranched alkanes of at least 4 members (excludes halogenated alkanes) is 8. The normalized spacial score (nSPS) is 11.2. The average molecular weight is 459 g/mol. The van der Waals surface area contributed by atoms with Crippen molar-refractivity contribution in [3.05, 3.63) is 40.5 Å². The molecule has 2 aromatic rings. The Morgan fingerprint density at radius 1 is 1.00 bits per heavy atom. The highest BCUT2D eigenvalue weighted by Crippen LogP contribution is 2.20. The highest BCUT2D eigenvalue weighted by Gasteiger charge is 2.06. The number of hydrogen-bond donors (Lipinski definition) is 2. The summed E-state index contributed by atoms with van der Waals surface area (Å²) in [5.41, 5.74) is 4.93. The third kappa shape index (κ3) is 9.77. The van der Waals surface area contributed by atoms with Gasteiger partial charge in [-0.05, 0) is 31.0 Å². The zero-order valence-electron chi connectivity index (χ0n) is 19.3. The zero-order chi connectivity index (χ0) is 23.2. The lowest BCUT2D eigenvalue weighted by Crippen LogP contribution is -2.34. The lowest BCUT2D eigenvalue weighted by atomic mass is 10.1. The molecule has 0 aliphatic heterocycles. The molecule has 0 aliphatic carbocycles. The van der Waals surface area contributed by atoms with Crippen molar-refractivity contribution >= 4 is 40.5 Å². The first-order valence-electron chi connectivity index (χ1n) is 11.6. The molecule has 2 amide bonds. The molecule has 0 spiro atoms. The molecule has 2 rings (SSSR count). The van der Waals surface area contributed by atoms with E-state index in [-0.39, 0.29) is 18.4 Å². The standard InChI is InChI=1S/C25H35ClN4O2/c1-3-4-5-6-7-8-9-10-11-12-23(31)27-18-24(32)30-28-17-21-16-20-14-13-19(2)15-22(20)29-25(21)26/h13-17H,3-12,18H2,1-2H3,(H,27,31)(H,30,32)/b28-17+. The van der Waals surface area contributed by atoms with Crippen molar-refractivity contribution in [3.8, 4) is 0 Å². The number of hydrazone groups is 1. The molecule has 0 unspecified atom stereocenters. The molecule has 1 heterocycles. The number of amides is 2. The van der Waals surface area contributed by atoms with Gasteiger partial charge in [0.1, 0.15) is 5.15 Å². The summed E-state index contributed by atoms with van der Waals surface area (Å²) in [6.45, 7) is 4.12. The van der Waals surface area contributed by atoms with Gasteiger partial charge in [0.2, 0.25) is 5.91 Å². The molecule has 32 heavy (non-hydrogen) atoms. The first kappa shape index (κ1) is 25.8. The van der Waals surface area contributed by atoms with Crippen LogP contribution in [-0.2, 0) is 9.59 Å². The highest BCUT2D eigenvalue weighted by molar-refractivity contribution is 6.32. The van der Waals surface area contributed by atoms with Crippen molar-refractivity contribution < 1.29 is 9.59 Å². The van der Waals surface area contributed by atoms with Gasteiger partial charge in [0.15, 0.2) is 0 Å². The Hall–Kier alpha value is -2.47. The number of nitrogens with one attached hydrogen (secondary N) is 2. The number of aryl methyl sites for hydroxylation is 1. The molecule has 1 aromatic heterocycles. The molecule has 6 nitrogen and oxygen atoms in total.